The first-order valence-corrected chi connectivity index (χ1v) is 14.3. The van der Waals surface area contributed by atoms with E-state index in [-0.39, 0.29) is 24.8 Å². The molecular formula is C30H38N4O7. The summed E-state index contributed by atoms with van der Waals surface area (Å²) in [6.07, 6.45) is 3.99. The largest absolute Gasteiger partial charge is 0.497 e. The fraction of sp³-hybridized carbons (Fsp3) is 0.600. The third-order valence-electron chi connectivity index (χ3n) is 7.90. The molecule has 1 aliphatic carbocycles. The van der Waals surface area contributed by atoms with Gasteiger partial charge in [0.2, 0.25) is 5.88 Å². The molecule has 1 aromatic carbocycles. The highest BCUT2D eigenvalue weighted by Gasteiger charge is 2.46. The van der Waals surface area contributed by atoms with Crippen LogP contribution in [-0.2, 0) is 25.5 Å². The summed E-state index contributed by atoms with van der Waals surface area (Å²) >= 11 is 0. The number of methoxy groups -OCH3 is 2. The zero-order chi connectivity index (χ0) is 29.3. The number of aryl methyl sites for hydroxylation is 1. The van der Waals surface area contributed by atoms with E-state index in [0.717, 1.165) is 43.3 Å². The van der Waals surface area contributed by atoms with Crippen LogP contribution in [0.5, 0.6) is 11.6 Å². The third kappa shape index (κ3) is 6.44. The zero-order valence-electron chi connectivity index (χ0n) is 24.3. The van der Waals surface area contributed by atoms with Crippen molar-refractivity contribution >= 4 is 34.7 Å². The van der Waals surface area contributed by atoms with Crippen LogP contribution in [-0.4, -0.2) is 77.6 Å². The maximum atomic E-state index is 13.9. The number of amides is 2. The van der Waals surface area contributed by atoms with Gasteiger partial charge in [-0.2, -0.15) is 4.99 Å². The van der Waals surface area contributed by atoms with Gasteiger partial charge in [-0.3, -0.25) is 4.79 Å². The van der Waals surface area contributed by atoms with E-state index in [4.69, 9.17) is 28.9 Å². The van der Waals surface area contributed by atoms with Crippen molar-refractivity contribution in [1.29, 1.82) is 0 Å². The number of hydrogen-bond donors (Lipinski definition) is 0. The van der Waals surface area contributed by atoms with E-state index < -0.39 is 35.5 Å². The SMILES string of the molecule is COC(=O)[C@@H]1C[C@@H]2CN1C(=O)C(C(C)(C)C)=NC(=O)O[C@@H]1C[C@H]1CCCCCc1nc3ccc(OC)cc3nc1O2. The molecule has 0 spiro atoms. The van der Waals surface area contributed by atoms with Crippen LogP contribution in [0.15, 0.2) is 23.2 Å². The van der Waals surface area contributed by atoms with Gasteiger partial charge >= 0.3 is 12.1 Å². The van der Waals surface area contributed by atoms with Crippen LogP contribution in [0.25, 0.3) is 11.0 Å². The number of nitrogens with zero attached hydrogens (tertiary/aromatic N) is 4. The molecule has 2 aliphatic heterocycles. The van der Waals surface area contributed by atoms with E-state index >= 15 is 0 Å². The molecule has 2 fully saturated rings. The van der Waals surface area contributed by atoms with Crippen LogP contribution in [0.1, 0.15) is 65.0 Å². The lowest BCUT2D eigenvalue weighted by molar-refractivity contribution is -0.149. The maximum absolute atomic E-state index is 13.9. The summed E-state index contributed by atoms with van der Waals surface area (Å²) in [4.78, 5) is 54.7. The molecule has 0 unspecified atom stereocenters. The lowest BCUT2D eigenvalue weighted by Gasteiger charge is -2.28. The van der Waals surface area contributed by atoms with Gasteiger partial charge in [-0.1, -0.05) is 33.6 Å². The predicted octanol–water partition coefficient (Wildman–Crippen LogP) is 4.29. The second-order valence-corrected chi connectivity index (χ2v) is 12.0. The average molecular weight is 567 g/mol. The number of rotatable bonds is 2. The summed E-state index contributed by atoms with van der Waals surface area (Å²) in [5.74, 6) is 0.242. The average Bonchev–Trinajstić information content (AvgIpc) is 3.53. The summed E-state index contributed by atoms with van der Waals surface area (Å²) in [6, 6.07) is 4.61. The van der Waals surface area contributed by atoms with E-state index in [1.54, 1.807) is 33.9 Å². The zero-order valence-corrected chi connectivity index (χ0v) is 24.3. The van der Waals surface area contributed by atoms with E-state index in [1.165, 1.54) is 12.0 Å². The standard InChI is InChI=1S/C30H38N4O7/c1-30(2,3)25-27(35)34-16-19(15-23(34)28(36)39-5)40-26-21(31-20-12-11-18(38-4)14-22(20)32-26)10-8-6-7-9-17-13-24(17)41-29(37)33-25/h11-12,14,17,19,23-24H,6-10,13,15-16H2,1-5H3/t17-,19-,23+,24-/m1/s1. The van der Waals surface area contributed by atoms with Crippen LogP contribution in [0.4, 0.5) is 4.79 Å². The Kier molecular flexibility index (Phi) is 8.15. The molecule has 1 saturated heterocycles. The van der Waals surface area contributed by atoms with Gasteiger partial charge in [0.05, 0.1) is 31.8 Å². The van der Waals surface area contributed by atoms with E-state index in [1.807, 2.05) is 12.1 Å². The highest BCUT2D eigenvalue weighted by Crippen LogP contribution is 2.39. The molecule has 3 aliphatic rings. The molecule has 1 aromatic heterocycles. The van der Waals surface area contributed by atoms with Crippen LogP contribution in [0.3, 0.4) is 0 Å². The summed E-state index contributed by atoms with van der Waals surface area (Å²) in [6.45, 7) is 5.48. The van der Waals surface area contributed by atoms with E-state index in [9.17, 15) is 14.4 Å². The Bertz CT molecular complexity index is 1370. The molecular weight excluding hydrogens is 528 g/mol. The number of aromatic nitrogens is 2. The van der Waals surface area contributed by atoms with E-state index in [2.05, 4.69) is 4.99 Å². The van der Waals surface area contributed by atoms with Crippen molar-refractivity contribution < 1.29 is 33.3 Å². The van der Waals surface area contributed by atoms with Crippen molar-refractivity contribution in [1.82, 2.24) is 14.9 Å². The van der Waals surface area contributed by atoms with Gasteiger partial charge in [0.15, 0.2) is 0 Å². The molecule has 220 valence electrons. The van der Waals surface area contributed by atoms with Gasteiger partial charge in [0.1, 0.15) is 35.4 Å². The minimum atomic E-state index is -0.909. The Morgan fingerprint density at radius 3 is 2.56 bits per heavy atom. The van der Waals surface area contributed by atoms with Crippen LogP contribution < -0.4 is 9.47 Å². The molecule has 3 heterocycles. The van der Waals surface area contributed by atoms with Crippen LogP contribution in [0.2, 0.25) is 0 Å². The number of carbonyl (C=O) groups excluding carboxylic acids is 3. The predicted molar refractivity (Wildman–Crippen MR) is 150 cm³/mol. The second-order valence-electron chi connectivity index (χ2n) is 12.0. The summed E-state index contributed by atoms with van der Waals surface area (Å²) in [7, 11) is 2.87. The van der Waals surface area contributed by atoms with Crippen LogP contribution >= 0.6 is 0 Å². The Balaban J connectivity index is 1.52. The van der Waals surface area contributed by atoms with Gasteiger partial charge in [-0.25, -0.2) is 19.6 Å². The molecule has 1 saturated carbocycles. The lowest BCUT2D eigenvalue weighted by atomic mass is 9.88. The topological polar surface area (TPSA) is 130 Å². The van der Waals surface area contributed by atoms with Crippen LogP contribution in [0, 0.1) is 11.3 Å². The van der Waals surface area contributed by atoms with Crippen molar-refractivity contribution in [3.63, 3.8) is 0 Å². The first-order valence-electron chi connectivity index (χ1n) is 14.3. The van der Waals surface area contributed by atoms with Crippen molar-refractivity contribution in [2.75, 3.05) is 20.8 Å². The van der Waals surface area contributed by atoms with Crippen molar-refractivity contribution in [3.8, 4) is 11.6 Å². The summed E-state index contributed by atoms with van der Waals surface area (Å²) in [5.41, 5.74) is 1.34. The Labute approximate surface area is 239 Å². The Hall–Kier alpha value is -3.76. The fourth-order valence-corrected chi connectivity index (χ4v) is 5.53. The molecule has 2 aromatic rings. The minimum absolute atomic E-state index is 0.0219. The number of fused-ring (bicyclic) bond motifs is 5. The normalized spacial score (nSPS) is 25.6. The molecule has 0 N–H and O–H groups in total. The number of carbonyl (C=O) groups is 3. The Morgan fingerprint density at radius 2 is 1.83 bits per heavy atom. The molecule has 11 heteroatoms. The maximum Gasteiger partial charge on any atom is 0.434 e. The molecule has 4 atom stereocenters. The first-order chi connectivity index (χ1) is 19.6. The van der Waals surface area contributed by atoms with Crippen molar-refractivity contribution in [2.45, 2.75) is 84.0 Å². The number of aliphatic imine (C=N–C) groups is 1. The molecule has 41 heavy (non-hydrogen) atoms. The Morgan fingerprint density at radius 1 is 1.02 bits per heavy atom. The van der Waals surface area contributed by atoms with Crippen molar-refractivity contribution in [3.05, 3.63) is 23.9 Å². The first kappa shape index (κ1) is 28.8. The number of ether oxygens (including phenoxy) is 4. The van der Waals surface area contributed by atoms with Gasteiger partial charge in [-0.05, 0) is 43.7 Å². The lowest BCUT2D eigenvalue weighted by Crippen LogP contribution is -2.48. The second kappa shape index (κ2) is 11.6. The van der Waals surface area contributed by atoms with E-state index in [0.29, 0.717) is 29.5 Å². The molecule has 2 amide bonds. The minimum Gasteiger partial charge on any atom is -0.497 e. The third-order valence-corrected chi connectivity index (χ3v) is 7.90. The smallest absolute Gasteiger partial charge is 0.434 e. The van der Waals surface area contributed by atoms with Crippen molar-refractivity contribution in [2.24, 2.45) is 16.3 Å². The monoisotopic (exact) mass is 566 g/mol. The highest BCUT2D eigenvalue weighted by molar-refractivity contribution is 6.42. The number of esters is 1. The molecule has 11 nitrogen and oxygen atoms in total. The van der Waals surface area contributed by atoms with Gasteiger partial charge in [0.25, 0.3) is 5.91 Å². The number of hydrogen-bond acceptors (Lipinski definition) is 9. The molecule has 0 radical (unpaired) electrons. The highest BCUT2D eigenvalue weighted by atomic mass is 16.6. The summed E-state index contributed by atoms with van der Waals surface area (Å²) in [5, 5.41) is 0. The molecule has 2 bridgehead atoms. The van der Waals surface area contributed by atoms with Gasteiger partial charge in [0, 0.05) is 17.9 Å². The quantitative estimate of drug-likeness (QED) is 0.489. The van der Waals surface area contributed by atoms with Gasteiger partial charge in [-0.15, -0.1) is 0 Å². The number of benzene rings is 1. The fourth-order valence-electron chi connectivity index (χ4n) is 5.53. The van der Waals surface area contributed by atoms with Gasteiger partial charge < -0.3 is 23.8 Å². The molecule has 5 rings (SSSR count). The summed E-state index contributed by atoms with van der Waals surface area (Å²) < 4.78 is 22.4.